The Balaban J connectivity index is 2.20. The summed E-state index contributed by atoms with van der Waals surface area (Å²) in [4.78, 5) is 21.3. The second-order valence-electron chi connectivity index (χ2n) is 3.65. The molecular weight excluding hydrogens is 216 g/mol. The van der Waals surface area contributed by atoms with Crippen LogP contribution in [0.3, 0.4) is 0 Å². The average molecular weight is 232 g/mol. The molecule has 0 aromatic rings. The predicted octanol–water partition coefficient (Wildman–Crippen LogP) is -0.485. The Labute approximate surface area is 92.8 Å². The number of rotatable bonds is 6. The minimum Gasteiger partial charge on any atom is -0.481 e. The normalized spacial score (nSPS) is 25.3. The molecule has 2 atom stereocenters. The van der Waals surface area contributed by atoms with Crippen molar-refractivity contribution in [2.24, 2.45) is 17.6 Å². The first-order valence-corrected chi connectivity index (χ1v) is 6.06. The van der Waals surface area contributed by atoms with E-state index in [1.165, 1.54) is 0 Å². The molecule has 86 valence electrons. The summed E-state index contributed by atoms with van der Waals surface area (Å²) in [5.41, 5.74) is 5.00. The zero-order valence-corrected chi connectivity index (χ0v) is 9.26. The lowest BCUT2D eigenvalue weighted by atomic mass is 9.98. The van der Waals surface area contributed by atoms with Crippen molar-refractivity contribution in [1.29, 1.82) is 0 Å². The lowest BCUT2D eigenvalue weighted by Gasteiger charge is -2.13. The third-order valence-electron chi connectivity index (χ3n) is 2.48. The highest BCUT2D eigenvalue weighted by atomic mass is 32.2. The molecular formula is C9H16N2O3S. The molecule has 1 aliphatic heterocycles. The standard InChI is InChI=1S/C9H16N2O3S/c10-8(12)1-2-15-5-6-3-11-4-7(6)9(13)14/h6-7,11H,1-5H2,(H2,10,12)(H,13,14). The summed E-state index contributed by atoms with van der Waals surface area (Å²) in [6.45, 7) is 1.30. The van der Waals surface area contributed by atoms with Gasteiger partial charge in [-0.15, -0.1) is 0 Å². The maximum Gasteiger partial charge on any atom is 0.308 e. The Morgan fingerprint density at radius 2 is 2.20 bits per heavy atom. The number of hydrogen-bond donors (Lipinski definition) is 3. The molecule has 1 fully saturated rings. The van der Waals surface area contributed by atoms with E-state index in [9.17, 15) is 9.59 Å². The molecule has 1 amide bonds. The predicted molar refractivity (Wildman–Crippen MR) is 58.6 cm³/mol. The van der Waals surface area contributed by atoms with Gasteiger partial charge in [0.05, 0.1) is 5.92 Å². The number of primary amides is 1. The number of carbonyl (C=O) groups excluding carboxylic acids is 1. The van der Waals surface area contributed by atoms with E-state index in [2.05, 4.69) is 5.32 Å². The molecule has 4 N–H and O–H groups in total. The van der Waals surface area contributed by atoms with Gasteiger partial charge in [0, 0.05) is 18.7 Å². The molecule has 0 aromatic carbocycles. The molecule has 0 aliphatic carbocycles. The quantitative estimate of drug-likeness (QED) is 0.538. The van der Waals surface area contributed by atoms with Crippen molar-refractivity contribution in [1.82, 2.24) is 5.32 Å². The number of nitrogens with one attached hydrogen (secondary N) is 1. The van der Waals surface area contributed by atoms with Crippen LogP contribution in [0.5, 0.6) is 0 Å². The smallest absolute Gasteiger partial charge is 0.308 e. The van der Waals surface area contributed by atoms with Crippen molar-refractivity contribution in [3.63, 3.8) is 0 Å². The van der Waals surface area contributed by atoms with Crippen LogP contribution < -0.4 is 11.1 Å². The van der Waals surface area contributed by atoms with Gasteiger partial charge in [-0.2, -0.15) is 11.8 Å². The van der Waals surface area contributed by atoms with Gasteiger partial charge in [-0.1, -0.05) is 0 Å². The lowest BCUT2D eigenvalue weighted by molar-refractivity contribution is -0.142. The maximum atomic E-state index is 10.8. The van der Waals surface area contributed by atoms with Gasteiger partial charge in [0.15, 0.2) is 0 Å². The molecule has 15 heavy (non-hydrogen) atoms. The van der Waals surface area contributed by atoms with E-state index in [0.29, 0.717) is 18.7 Å². The van der Waals surface area contributed by atoms with Gasteiger partial charge in [0.25, 0.3) is 0 Å². The average Bonchev–Trinajstić information content (AvgIpc) is 2.60. The Bertz CT molecular complexity index is 248. The second-order valence-corrected chi connectivity index (χ2v) is 4.80. The van der Waals surface area contributed by atoms with E-state index < -0.39 is 5.97 Å². The Hall–Kier alpha value is -0.750. The monoisotopic (exact) mass is 232 g/mol. The number of carboxylic acids is 1. The van der Waals surface area contributed by atoms with Crippen LogP contribution in [0.1, 0.15) is 6.42 Å². The van der Waals surface area contributed by atoms with Gasteiger partial charge in [-0.3, -0.25) is 9.59 Å². The van der Waals surface area contributed by atoms with Gasteiger partial charge < -0.3 is 16.2 Å². The molecule has 0 bridgehead atoms. The van der Waals surface area contributed by atoms with Crippen LogP contribution in [-0.4, -0.2) is 41.6 Å². The lowest BCUT2D eigenvalue weighted by Crippen LogP contribution is -2.24. The van der Waals surface area contributed by atoms with Crippen LogP contribution >= 0.6 is 11.8 Å². The zero-order chi connectivity index (χ0) is 11.3. The second kappa shape index (κ2) is 5.97. The third-order valence-corrected chi connectivity index (χ3v) is 3.64. The summed E-state index contributed by atoms with van der Waals surface area (Å²) < 4.78 is 0. The molecule has 5 nitrogen and oxygen atoms in total. The van der Waals surface area contributed by atoms with Crippen LogP contribution in [0.4, 0.5) is 0 Å². The van der Waals surface area contributed by atoms with Gasteiger partial charge in [-0.25, -0.2) is 0 Å². The van der Waals surface area contributed by atoms with Crippen molar-refractivity contribution < 1.29 is 14.7 Å². The number of carbonyl (C=O) groups is 2. The van der Waals surface area contributed by atoms with Crippen molar-refractivity contribution >= 4 is 23.6 Å². The van der Waals surface area contributed by atoms with E-state index in [1.54, 1.807) is 11.8 Å². The molecule has 6 heteroatoms. The van der Waals surface area contributed by atoms with Crippen molar-refractivity contribution in [3.8, 4) is 0 Å². The van der Waals surface area contributed by atoms with Crippen LogP contribution in [0.2, 0.25) is 0 Å². The summed E-state index contributed by atoms with van der Waals surface area (Å²) in [5, 5.41) is 12.0. The topological polar surface area (TPSA) is 92.4 Å². The molecule has 1 rings (SSSR count). The molecule has 0 spiro atoms. The van der Waals surface area contributed by atoms with Crippen molar-refractivity contribution in [3.05, 3.63) is 0 Å². The minimum atomic E-state index is -0.736. The fraction of sp³-hybridized carbons (Fsp3) is 0.778. The highest BCUT2D eigenvalue weighted by Crippen LogP contribution is 2.21. The van der Waals surface area contributed by atoms with E-state index >= 15 is 0 Å². The molecule has 2 unspecified atom stereocenters. The molecule has 0 saturated carbocycles. The highest BCUT2D eigenvalue weighted by Gasteiger charge is 2.32. The molecule has 0 radical (unpaired) electrons. The van der Waals surface area contributed by atoms with E-state index in [0.717, 1.165) is 12.3 Å². The Morgan fingerprint density at radius 1 is 1.47 bits per heavy atom. The zero-order valence-electron chi connectivity index (χ0n) is 8.44. The molecule has 1 heterocycles. The molecule has 1 aliphatic rings. The fourth-order valence-corrected chi connectivity index (χ4v) is 2.77. The summed E-state index contributed by atoms with van der Waals surface area (Å²) in [7, 11) is 0. The van der Waals surface area contributed by atoms with Gasteiger partial charge in [0.2, 0.25) is 5.91 Å². The van der Waals surface area contributed by atoms with Gasteiger partial charge >= 0.3 is 5.97 Å². The number of thioether (sulfide) groups is 1. The first-order valence-electron chi connectivity index (χ1n) is 4.91. The fourth-order valence-electron chi connectivity index (χ4n) is 1.60. The third kappa shape index (κ3) is 4.09. The van der Waals surface area contributed by atoms with Crippen molar-refractivity contribution in [2.75, 3.05) is 24.6 Å². The molecule has 1 saturated heterocycles. The number of hydrogen-bond acceptors (Lipinski definition) is 4. The largest absolute Gasteiger partial charge is 0.481 e. The van der Waals surface area contributed by atoms with Crippen LogP contribution in [0, 0.1) is 11.8 Å². The molecule has 0 aromatic heterocycles. The maximum absolute atomic E-state index is 10.8. The first kappa shape index (κ1) is 12.3. The van der Waals surface area contributed by atoms with Crippen LogP contribution in [0.25, 0.3) is 0 Å². The highest BCUT2D eigenvalue weighted by molar-refractivity contribution is 7.99. The SMILES string of the molecule is NC(=O)CCSCC1CNCC1C(=O)O. The minimum absolute atomic E-state index is 0.167. The van der Waals surface area contributed by atoms with Crippen LogP contribution in [-0.2, 0) is 9.59 Å². The summed E-state index contributed by atoms with van der Waals surface area (Å²) in [6.07, 6.45) is 0.364. The summed E-state index contributed by atoms with van der Waals surface area (Å²) in [6, 6.07) is 0. The number of nitrogens with two attached hydrogens (primary N) is 1. The Kier molecular flexibility index (Phi) is 4.90. The number of aliphatic carboxylic acids is 1. The van der Waals surface area contributed by atoms with E-state index in [1.807, 2.05) is 0 Å². The van der Waals surface area contributed by atoms with Gasteiger partial charge in [0.1, 0.15) is 0 Å². The van der Waals surface area contributed by atoms with E-state index in [4.69, 9.17) is 10.8 Å². The van der Waals surface area contributed by atoms with Crippen molar-refractivity contribution in [2.45, 2.75) is 6.42 Å². The number of amides is 1. The van der Waals surface area contributed by atoms with Crippen LogP contribution in [0.15, 0.2) is 0 Å². The number of carboxylic acid groups (broad SMARTS) is 1. The summed E-state index contributed by atoms with van der Waals surface area (Å²) in [5.74, 6) is 0.295. The summed E-state index contributed by atoms with van der Waals surface area (Å²) >= 11 is 1.60. The van der Waals surface area contributed by atoms with Gasteiger partial charge in [-0.05, 0) is 18.2 Å². The van der Waals surface area contributed by atoms with E-state index in [-0.39, 0.29) is 17.7 Å². The Morgan fingerprint density at radius 3 is 2.80 bits per heavy atom. The first-order chi connectivity index (χ1) is 7.11.